The van der Waals surface area contributed by atoms with Crippen LogP contribution >= 0.6 is 10.0 Å². The first kappa shape index (κ1) is 8.93. The largest absolute Gasteiger partial charge is 0.247 e. The molecule has 0 aromatic heterocycles. The highest BCUT2D eigenvalue weighted by atomic mass is 32.3. The average Bonchev–Trinajstić information content (AvgIpc) is 2.37. The van der Waals surface area contributed by atoms with Crippen molar-refractivity contribution in [2.24, 2.45) is 11.8 Å². The first-order valence-corrected chi connectivity index (χ1v) is 8.16. The van der Waals surface area contributed by atoms with Gasteiger partial charge in [-0.15, -0.1) is 0 Å². The SMILES string of the molecule is CS(C)(C)C1CC2CCCC2C1. The zero-order chi connectivity index (χ0) is 8.77. The maximum absolute atomic E-state index is 2.50. The van der Waals surface area contributed by atoms with Crippen LogP contribution in [0.4, 0.5) is 0 Å². The number of hydrogen-bond donors (Lipinski definition) is 0. The van der Waals surface area contributed by atoms with E-state index in [-0.39, 0.29) is 10.0 Å². The second-order valence-electron chi connectivity index (χ2n) is 5.48. The average molecular weight is 186 g/mol. The predicted octanol–water partition coefficient (Wildman–Crippen LogP) is 3.26. The second-order valence-corrected chi connectivity index (χ2v) is 10.0. The van der Waals surface area contributed by atoms with Gasteiger partial charge < -0.3 is 0 Å². The second kappa shape index (κ2) is 2.94. The van der Waals surface area contributed by atoms with E-state index in [1.54, 1.807) is 25.7 Å². The fourth-order valence-electron chi connectivity index (χ4n) is 3.08. The van der Waals surface area contributed by atoms with Gasteiger partial charge in [0.2, 0.25) is 0 Å². The molecule has 12 heavy (non-hydrogen) atoms. The zero-order valence-electron chi connectivity index (χ0n) is 8.68. The number of hydrogen-bond acceptors (Lipinski definition) is 0. The van der Waals surface area contributed by atoms with Crippen molar-refractivity contribution in [2.75, 3.05) is 18.8 Å². The lowest BCUT2D eigenvalue weighted by Crippen LogP contribution is -2.12. The highest BCUT2D eigenvalue weighted by Crippen LogP contribution is 2.56. The minimum absolute atomic E-state index is 0.245. The Balaban J connectivity index is 1.99. The fraction of sp³-hybridized carbons (Fsp3) is 1.00. The van der Waals surface area contributed by atoms with E-state index in [9.17, 15) is 0 Å². The summed E-state index contributed by atoms with van der Waals surface area (Å²) in [6.07, 6.45) is 15.3. The van der Waals surface area contributed by atoms with E-state index in [2.05, 4.69) is 18.8 Å². The van der Waals surface area contributed by atoms with Gasteiger partial charge in [0.05, 0.1) is 0 Å². The molecule has 1 heteroatoms. The van der Waals surface area contributed by atoms with E-state index in [1.165, 1.54) is 6.42 Å². The van der Waals surface area contributed by atoms with Crippen LogP contribution in [0.3, 0.4) is 0 Å². The van der Waals surface area contributed by atoms with Crippen LogP contribution in [0.1, 0.15) is 32.1 Å². The van der Waals surface area contributed by atoms with Crippen LogP contribution in [0.15, 0.2) is 0 Å². The maximum Gasteiger partial charge on any atom is -0.0114 e. The van der Waals surface area contributed by atoms with Crippen LogP contribution in [-0.2, 0) is 0 Å². The van der Waals surface area contributed by atoms with E-state index >= 15 is 0 Å². The molecule has 0 spiro atoms. The Bertz CT molecular complexity index is 156. The molecule has 0 aromatic carbocycles. The van der Waals surface area contributed by atoms with Crippen molar-refractivity contribution in [3.05, 3.63) is 0 Å². The topological polar surface area (TPSA) is 0 Å². The van der Waals surface area contributed by atoms with E-state index in [0.717, 1.165) is 17.1 Å². The smallest absolute Gasteiger partial charge is 0.0114 e. The van der Waals surface area contributed by atoms with Crippen LogP contribution in [0.25, 0.3) is 0 Å². The Kier molecular flexibility index (Phi) is 2.18. The summed E-state index contributed by atoms with van der Waals surface area (Å²) < 4.78 is 0. The molecule has 0 N–H and O–H groups in total. The summed E-state index contributed by atoms with van der Waals surface area (Å²) in [4.78, 5) is 0. The molecule has 2 aliphatic carbocycles. The predicted molar refractivity (Wildman–Crippen MR) is 59.2 cm³/mol. The van der Waals surface area contributed by atoms with Crippen molar-refractivity contribution in [3.8, 4) is 0 Å². The number of rotatable bonds is 1. The van der Waals surface area contributed by atoms with Gasteiger partial charge >= 0.3 is 0 Å². The van der Waals surface area contributed by atoms with E-state index < -0.39 is 0 Å². The van der Waals surface area contributed by atoms with Crippen molar-refractivity contribution in [2.45, 2.75) is 37.4 Å². The molecule has 0 bridgehead atoms. The fourth-order valence-corrected chi connectivity index (χ4v) is 4.73. The molecule has 0 nitrogen and oxygen atoms in total. The monoisotopic (exact) mass is 186 g/mol. The Morgan fingerprint density at radius 3 is 1.83 bits per heavy atom. The van der Waals surface area contributed by atoms with Crippen LogP contribution in [0, 0.1) is 11.8 Å². The van der Waals surface area contributed by atoms with Crippen molar-refractivity contribution in [1.29, 1.82) is 0 Å². The molecule has 0 aliphatic heterocycles. The lowest BCUT2D eigenvalue weighted by molar-refractivity contribution is 0.457. The minimum atomic E-state index is -0.245. The summed E-state index contributed by atoms with van der Waals surface area (Å²) in [6, 6.07) is 0. The molecular weight excluding hydrogens is 164 g/mol. The normalized spacial score (nSPS) is 43.1. The third-order valence-corrected chi connectivity index (χ3v) is 6.33. The van der Waals surface area contributed by atoms with Gasteiger partial charge in [0.1, 0.15) is 0 Å². The molecular formula is C11H22S. The first-order chi connectivity index (χ1) is 5.57. The zero-order valence-corrected chi connectivity index (χ0v) is 9.49. The van der Waals surface area contributed by atoms with Crippen LogP contribution in [-0.4, -0.2) is 24.0 Å². The lowest BCUT2D eigenvalue weighted by Gasteiger charge is -2.33. The molecule has 2 saturated carbocycles. The Hall–Kier alpha value is 0.350. The van der Waals surface area contributed by atoms with E-state index in [4.69, 9.17) is 0 Å². The molecule has 0 amide bonds. The summed E-state index contributed by atoms with van der Waals surface area (Å²) in [5.41, 5.74) is 0. The highest BCUT2D eigenvalue weighted by Gasteiger charge is 2.39. The van der Waals surface area contributed by atoms with Crippen LogP contribution in [0.5, 0.6) is 0 Å². The van der Waals surface area contributed by atoms with Gasteiger partial charge in [0.15, 0.2) is 0 Å². The van der Waals surface area contributed by atoms with Gasteiger partial charge in [-0.1, -0.05) is 19.3 Å². The van der Waals surface area contributed by atoms with Crippen LogP contribution < -0.4 is 0 Å². The molecule has 72 valence electrons. The molecule has 2 fully saturated rings. The molecule has 2 rings (SSSR count). The lowest BCUT2D eigenvalue weighted by atomic mass is 10.0. The molecule has 2 aliphatic rings. The maximum atomic E-state index is 2.50. The molecule has 0 saturated heterocycles. The van der Waals surface area contributed by atoms with Gasteiger partial charge in [-0.3, -0.25) is 0 Å². The van der Waals surface area contributed by atoms with Crippen molar-refractivity contribution < 1.29 is 0 Å². The Morgan fingerprint density at radius 1 is 0.917 bits per heavy atom. The van der Waals surface area contributed by atoms with Crippen LogP contribution in [0.2, 0.25) is 0 Å². The molecule has 0 heterocycles. The van der Waals surface area contributed by atoms with Gasteiger partial charge in [-0.05, 0) is 48.7 Å². The summed E-state index contributed by atoms with van der Waals surface area (Å²) in [5.74, 6) is 2.28. The number of fused-ring (bicyclic) bond motifs is 1. The third kappa shape index (κ3) is 1.53. The Labute approximate surface area is 78.4 Å². The summed E-state index contributed by atoms with van der Waals surface area (Å²) >= 11 is 0. The van der Waals surface area contributed by atoms with E-state index in [0.29, 0.717) is 0 Å². The molecule has 2 unspecified atom stereocenters. The summed E-state index contributed by atoms with van der Waals surface area (Å²) in [6.45, 7) is 0. The molecule has 2 atom stereocenters. The first-order valence-electron chi connectivity index (χ1n) is 5.24. The van der Waals surface area contributed by atoms with Crippen molar-refractivity contribution >= 4 is 10.0 Å². The van der Waals surface area contributed by atoms with Gasteiger partial charge in [0.25, 0.3) is 0 Å². The van der Waals surface area contributed by atoms with Crippen molar-refractivity contribution in [1.82, 2.24) is 0 Å². The van der Waals surface area contributed by atoms with Gasteiger partial charge in [-0.25, -0.2) is 10.0 Å². The standard InChI is InChI=1S/C11H22S/c1-12(2,3)11-7-9-5-4-6-10(9)8-11/h9-11H,4-8H2,1-3H3. The summed E-state index contributed by atoms with van der Waals surface area (Å²) in [7, 11) is -0.245. The third-order valence-electron chi connectivity index (χ3n) is 3.95. The van der Waals surface area contributed by atoms with Crippen molar-refractivity contribution in [3.63, 3.8) is 0 Å². The summed E-state index contributed by atoms with van der Waals surface area (Å²) in [5, 5.41) is 1.10. The molecule has 0 radical (unpaired) electrons. The van der Waals surface area contributed by atoms with Gasteiger partial charge in [-0.2, -0.15) is 0 Å². The Morgan fingerprint density at radius 2 is 1.42 bits per heavy atom. The highest BCUT2D eigenvalue weighted by molar-refractivity contribution is 8.32. The van der Waals surface area contributed by atoms with Gasteiger partial charge in [0, 0.05) is 0 Å². The quantitative estimate of drug-likeness (QED) is 0.589. The van der Waals surface area contributed by atoms with E-state index in [1.807, 2.05) is 0 Å². The minimum Gasteiger partial charge on any atom is -0.247 e. The molecule has 0 aromatic rings.